The molecule has 0 saturated carbocycles. The van der Waals surface area contributed by atoms with E-state index in [1.165, 1.54) is 0 Å². The van der Waals surface area contributed by atoms with Gasteiger partial charge in [-0.15, -0.1) is 0 Å². The highest BCUT2D eigenvalue weighted by Gasteiger charge is 2.27. The summed E-state index contributed by atoms with van der Waals surface area (Å²) in [4.78, 5) is 12.4. The molecule has 4 heteroatoms. The van der Waals surface area contributed by atoms with Crippen LogP contribution in [0.25, 0.3) is 0 Å². The summed E-state index contributed by atoms with van der Waals surface area (Å²) >= 11 is 0. The van der Waals surface area contributed by atoms with E-state index in [4.69, 9.17) is 4.74 Å². The summed E-state index contributed by atoms with van der Waals surface area (Å²) in [5, 5.41) is 6.22. The van der Waals surface area contributed by atoms with Gasteiger partial charge >= 0.3 is 0 Å². The molecule has 108 valence electrons. The van der Waals surface area contributed by atoms with Crippen LogP contribution in [-0.2, 0) is 4.79 Å². The first-order chi connectivity index (χ1) is 10.3. The molecule has 1 aliphatic rings. The third-order valence-electron chi connectivity index (χ3n) is 3.58. The Hall–Kier alpha value is -2.49. The maximum absolute atomic E-state index is 12.4. The molecule has 2 aromatic rings. The van der Waals surface area contributed by atoms with Gasteiger partial charge in [0.05, 0.1) is 12.5 Å². The van der Waals surface area contributed by atoms with Crippen molar-refractivity contribution in [2.24, 2.45) is 0 Å². The van der Waals surface area contributed by atoms with Crippen molar-refractivity contribution in [2.45, 2.75) is 12.8 Å². The van der Waals surface area contributed by atoms with Crippen LogP contribution in [0.5, 0.6) is 5.75 Å². The summed E-state index contributed by atoms with van der Waals surface area (Å²) in [6, 6.07) is 15.4. The fraction of sp³-hybridized carbons (Fsp3) is 0.235. The smallest absolute Gasteiger partial charge is 0.233 e. The predicted molar refractivity (Wildman–Crippen MR) is 83.9 cm³/mol. The van der Waals surface area contributed by atoms with Gasteiger partial charge in [-0.3, -0.25) is 4.79 Å². The number of nitrogens with one attached hydrogen (secondary N) is 2. The molecule has 2 aromatic carbocycles. The third-order valence-corrected chi connectivity index (χ3v) is 3.58. The summed E-state index contributed by atoms with van der Waals surface area (Å²) in [6.45, 7) is 3.22. The second-order valence-electron chi connectivity index (χ2n) is 4.97. The van der Waals surface area contributed by atoms with Crippen LogP contribution in [0.15, 0.2) is 48.5 Å². The van der Waals surface area contributed by atoms with Gasteiger partial charge in [0.2, 0.25) is 5.91 Å². The first-order valence-corrected chi connectivity index (χ1v) is 7.14. The number of benzene rings is 2. The van der Waals surface area contributed by atoms with Crippen molar-refractivity contribution in [2.75, 3.05) is 23.8 Å². The van der Waals surface area contributed by atoms with Gasteiger partial charge in [0.15, 0.2) is 0 Å². The fourth-order valence-electron chi connectivity index (χ4n) is 2.55. The highest BCUT2D eigenvalue weighted by molar-refractivity contribution is 5.98. The number of carbonyl (C=O) groups excluding carboxylic acids is 1. The van der Waals surface area contributed by atoms with Crippen LogP contribution < -0.4 is 15.4 Å². The van der Waals surface area contributed by atoms with Crippen molar-refractivity contribution in [1.82, 2.24) is 0 Å². The van der Waals surface area contributed by atoms with Gasteiger partial charge in [0.25, 0.3) is 0 Å². The standard InChI is InChI=1S/C17H18N2O2/c1-2-21-13-9-7-12(8-10-13)19-17(20)15-11-18-16-6-4-3-5-14(15)16/h3-10,15,18H,2,11H2,1H3,(H,19,20). The average molecular weight is 282 g/mol. The van der Waals surface area contributed by atoms with Crippen molar-refractivity contribution in [1.29, 1.82) is 0 Å². The third kappa shape index (κ3) is 2.84. The lowest BCUT2D eigenvalue weighted by atomic mass is 10.0. The fourth-order valence-corrected chi connectivity index (χ4v) is 2.55. The number of amides is 1. The predicted octanol–water partition coefficient (Wildman–Crippen LogP) is 3.23. The van der Waals surface area contributed by atoms with E-state index in [9.17, 15) is 4.79 Å². The number of hydrogen-bond acceptors (Lipinski definition) is 3. The van der Waals surface area contributed by atoms with Gasteiger partial charge in [-0.05, 0) is 42.8 Å². The Balaban J connectivity index is 1.70. The second-order valence-corrected chi connectivity index (χ2v) is 4.97. The van der Waals surface area contributed by atoms with Crippen LogP contribution in [0.1, 0.15) is 18.4 Å². The number of ether oxygens (including phenoxy) is 1. The molecule has 2 N–H and O–H groups in total. The van der Waals surface area contributed by atoms with Crippen molar-refractivity contribution >= 4 is 17.3 Å². The molecule has 0 aromatic heterocycles. The largest absolute Gasteiger partial charge is 0.494 e. The summed E-state index contributed by atoms with van der Waals surface area (Å²) in [5.41, 5.74) is 2.89. The Bertz CT molecular complexity index is 637. The monoisotopic (exact) mass is 282 g/mol. The van der Waals surface area contributed by atoms with E-state index in [2.05, 4.69) is 10.6 Å². The zero-order valence-electron chi connectivity index (χ0n) is 11.9. The number of para-hydroxylation sites is 1. The molecule has 21 heavy (non-hydrogen) atoms. The number of anilines is 2. The van der Waals surface area contributed by atoms with Crippen molar-refractivity contribution in [3.8, 4) is 5.75 Å². The number of hydrogen-bond donors (Lipinski definition) is 2. The van der Waals surface area contributed by atoms with E-state index in [1.54, 1.807) is 0 Å². The molecule has 0 bridgehead atoms. The van der Waals surface area contributed by atoms with Gasteiger partial charge in [-0.25, -0.2) is 0 Å². The minimum atomic E-state index is -0.146. The lowest BCUT2D eigenvalue weighted by Gasteiger charge is -2.12. The molecule has 0 fully saturated rings. The van der Waals surface area contributed by atoms with E-state index in [-0.39, 0.29) is 11.8 Å². The maximum atomic E-state index is 12.4. The molecular formula is C17H18N2O2. The second kappa shape index (κ2) is 5.87. The van der Waals surface area contributed by atoms with Crippen LogP contribution in [0, 0.1) is 0 Å². The Morgan fingerprint density at radius 3 is 2.76 bits per heavy atom. The molecule has 1 amide bonds. The average Bonchev–Trinajstić information content (AvgIpc) is 2.93. The van der Waals surface area contributed by atoms with Crippen molar-refractivity contribution in [3.63, 3.8) is 0 Å². The molecular weight excluding hydrogens is 264 g/mol. The van der Waals surface area contributed by atoms with Crippen molar-refractivity contribution < 1.29 is 9.53 Å². The van der Waals surface area contributed by atoms with Gasteiger partial charge in [-0.2, -0.15) is 0 Å². The topological polar surface area (TPSA) is 50.4 Å². The zero-order valence-corrected chi connectivity index (χ0v) is 11.9. The van der Waals surface area contributed by atoms with E-state index < -0.39 is 0 Å². The molecule has 1 heterocycles. The first kappa shape index (κ1) is 13.5. The number of rotatable bonds is 4. The molecule has 1 aliphatic heterocycles. The minimum absolute atomic E-state index is 0.0107. The van der Waals surface area contributed by atoms with Crippen LogP contribution in [-0.4, -0.2) is 19.1 Å². The Kier molecular flexibility index (Phi) is 3.77. The zero-order chi connectivity index (χ0) is 14.7. The van der Waals surface area contributed by atoms with Gasteiger partial charge in [-0.1, -0.05) is 18.2 Å². The minimum Gasteiger partial charge on any atom is -0.494 e. The molecule has 0 spiro atoms. The summed E-state index contributed by atoms with van der Waals surface area (Å²) in [5.74, 6) is 0.674. The highest BCUT2D eigenvalue weighted by Crippen LogP contribution is 2.31. The summed E-state index contributed by atoms with van der Waals surface area (Å²) in [7, 11) is 0. The molecule has 4 nitrogen and oxygen atoms in total. The normalized spacial score (nSPS) is 16.0. The van der Waals surface area contributed by atoms with Gasteiger partial charge in [0.1, 0.15) is 5.75 Å². The quantitative estimate of drug-likeness (QED) is 0.905. The van der Waals surface area contributed by atoms with Crippen molar-refractivity contribution in [3.05, 3.63) is 54.1 Å². The summed E-state index contributed by atoms with van der Waals surface area (Å²) < 4.78 is 5.39. The van der Waals surface area contributed by atoms with Crippen LogP contribution in [0.2, 0.25) is 0 Å². The molecule has 3 rings (SSSR count). The molecule has 1 atom stereocenters. The van der Waals surface area contributed by atoms with E-state index >= 15 is 0 Å². The molecule has 0 radical (unpaired) electrons. The van der Waals surface area contributed by atoms with Gasteiger partial charge < -0.3 is 15.4 Å². The first-order valence-electron chi connectivity index (χ1n) is 7.14. The molecule has 0 aliphatic carbocycles. The Morgan fingerprint density at radius 2 is 2.00 bits per heavy atom. The van der Waals surface area contributed by atoms with Crippen LogP contribution >= 0.6 is 0 Å². The number of carbonyl (C=O) groups is 1. The Labute approximate surface area is 124 Å². The highest BCUT2D eigenvalue weighted by atomic mass is 16.5. The lowest BCUT2D eigenvalue weighted by Crippen LogP contribution is -2.22. The van der Waals surface area contributed by atoms with E-state index in [0.717, 1.165) is 22.7 Å². The van der Waals surface area contributed by atoms with E-state index in [1.807, 2.05) is 55.5 Å². The molecule has 1 unspecified atom stereocenters. The SMILES string of the molecule is CCOc1ccc(NC(=O)C2CNc3ccccc32)cc1. The maximum Gasteiger partial charge on any atom is 0.233 e. The molecule has 0 saturated heterocycles. The number of fused-ring (bicyclic) bond motifs is 1. The van der Waals surface area contributed by atoms with E-state index in [0.29, 0.717) is 13.2 Å². The lowest BCUT2D eigenvalue weighted by molar-refractivity contribution is -0.117. The van der Waals surface area contributed by atoms with Crippen LogP contribution in [0.3, 0.4) is 0 Å². The van der Waals surface area contributed by atoms with Crippen LogP contribution in [0.4, 0.5) is 11.4 Å². The van der Waals surface area contributed by atoms with Gasteiger partial charge in [0, 0.05) is 17.9 Å². The summed E-state index contributed by atoms with van der Waals surface area (Å²) in [6.07, 6.45) is 0. The Morgan fingerprint density at radius 1 is 1.24 bits per heavy atom.